The Morgan fingerprint density at radius 3 is 2.15 bits per heavy atom. The summed E-state index contributed by atoms with van der Waals surface area (Å²) < 4.78 is 0. The second-order valence-electron chi connectivity index (χ2n) is 5.93. The third kappa shape index (κ3) is 3.69. The van der Waals surface area contributed by atoms with Crippen molar-refractivity contribution < 1.29 is 0 Å². The van der Waals surface area contributed by atoms with E-state index in [-0.39, 0.29) is 0 Å². The standard InChI is InChI=1S/C16H30N4/c1-7-14(8-2)20(10-11(3)4)16-15(9-17)12(5)13(6)18-19-16/h11,14H,7-10,17H2,1-6H3. The summed E-state index contributed by atoms with van der Waals surface area (Å²) in [6.45, 7) is 14.6. The summed E-state index contributed by atoms with van der Waals surface area (Å²) in [5.41, 5.74) is 9.27. The van der Waals surface area contributed by atoms with Gasteiger partial charge in [-0.2, -0.15) is 5.10 Å². The molecular weight excluding hydrogens is 248 g/mol. The van der Waals surface area contributed by atoms with Crippen molar-refractivity contribution in [2.75, 3.05) is 11.4 Å². The van der Waals surface area contributed by atoms with Crippen LogP contribution in [0.5, 0.6) is 0 Å². The van der Waals surface area contributed by atoms with Crippen molar-refractivity contribution in [1.82, 2.24) is 10.2 Å². The molecule has 0 aliphatic heterocycles. The molecule has 0 aliphatic carbocycles. The summed E-state index contributed by atoms with van der Waals surface area (Å²) in [4.78, 5) is 2.41. The average Bonchev–Trinajstić information content (AvgIpc) is 2.41. The predicted octanol–water partition coefficient (Wildman–Crippen LogP) is 3.20. The van der Waals surface area contributed by atoms with Gasteiger partial charge in [-0.05, 0) is 38.2 Å². The number of rotatable bonds is 7. The highest BCUT2D eigenvalue weighted by atomic mass is 15.3. The minimum absolute atomic E-state index is 0.499. The maximum atomic E-state index is 5.98. The van der Waals surface area contributed by atoms with Gasteiger partial charge in [0.15, 0.2) is 5.82 Å². The summed E-state index contributed by atoms with van der Waals surface area (Å²) in [6.07, 6.45) is 2.23. The zero-order valence-corrected chi connectivity index (χ0v) is 13.9. The van der Waals surface area contributed by atoms with Gasteiger partial charge in [0.05, 0.1) is 5.69 Å². The van der Waals surface area contributed by atoms with Crippen LogP contribution in [0.15, 0.2) is 0 Å². The van der Waals surface area contributed by atoms with E-state index in [2.05, 4.69) is 49.7 Å². The molecule has 0 amide bonds. The topological polar surface area (TPSA) is 55.0 Å². The maximum absolute atomic E-state index is 5.98. The van der Waals surface area contributed by atoms with E-state index in [4.69, 9.17) is 5.73 Å². The Morgan fingerprint density at radius 1 is 1.10 bits per heavy atom. The van der Waals surface area contributed by atoms with Crippen molar-refractivity contribution in [3.63, 3.8) is 0 Å². The van der Waals surface area contributed by atoms with Crippen molar-refractivity contribution in [3.8, 4) is 0 Å². The lowest BCUT2D eigenvalue weighted by Crippen LogP contribution is -2.39. The monoisotopic (exact) mass is 278 g/mol. The Hall–Kier alpha value is -1.16. The summed E-state index contributed by atoms with van der Waals surface area (Å²) in [6, 6.07) is 0.499. The van der Waals surface area contributed by atoms with Gasteiger partial charge in [0.1, 0.15) is 0 Å². The molecule has 1 aromatic heterocycles. The molecule has 4 nitrogen and oxygen atoms in total. The first-order valence-electron chi connectivity index (χ1n) is 7.75. The fourth-order valence-electron chi connectivity index (χ4n) is 2.65. The van der Waals surface area contributed by atoms with Crippen LogP contribution in [-0.4, -0.2) is 22.8 Å². The number of anilines is 1. The first-order valence-corrected chi connectivity index (χ1v) is 7.75. The number of aromatic nitrogens is 2. The Bertz CT molecular complexity index is 425. The molecule has 0 bridgehead atoms. The molecule has 0 fully saturated rings. The lowest BCUT2D eigenvalue weighted by molar-refractivity contribution is 0.499. The average molecular weight is 278 g/mol. The third-order valence-corrected chi connectivity index (χ3v) is 3.98. The summed E-state index contributed by atoms with van der Waals surface area (Å²) in [5.74, 6) is 1.57. The molecule has 0 aromatic carbocycles. The van der Waals surface area contributed by atoms with Crippen LogP contribution in [0.25, 0.3) is 0 Å². The number of hydrogen-bond donors (Lipinski definition) is 1. The minimum atomic E-state index is 0.499. The quantitative estimate of drug-likeness (QED) is 0.832. The van der Waals surface area contributed by atoms with Crippen LogP contribution in [0.2, 0.25) is 0 Å². The van der Waals surface area contributed by atoms with Crippen molar-refractivity contribution in [2.45, 2.75) is 67.0 Å². The Morgan fingerprint density at radius 2 is 1.70 bits per heavy atom. The van der Waals surface area contributed by atoms with Crippen LogP contribution in [0.1, 0.15) is 57.4 Å². The molecule has 0 atom stereocenters. The minimum Gasteiger partial charge on any atom is -0.352 e. The molecule has 0 spiro atoms. The summed E-state index contributed by atoms with van der Waals surface area (Å²) >= 11 is 0. The van der Waals surface area contributed by atoms with Crippen LogP contribution in [0.3, 0.4) is 0 Å². The lowest BCUT2D eigenvalue weighted by atomic mass is 10.0. The van der Waals surface area contributed by atoms with Gasteiger partial charge >= 0.3 is 0 Å². The molecule has 114 valence electrons. The number of hydrogen-bond acceptors (Lipinski definition) is 4. The van der Waals surface area contributed by atoms with Gasteiger partial charge in [0, 0.05) is 24.7 Å². The van der Waals surface area contributed by atoms with Crippen molar-refractivity contribution in [3.05, 3.63) is 16.8 Å². The number of nitrogens with zero attached hydrogens (tertiary/aromatic N) is 3. The molecule has 1 rings (SSSR count). The zero-order chi connectivity index (χ0) is 15.3. The molecule has 2 N–H and O–H groups in total. The lowest BCUT2D eigenvalue weighted by Gasteiger charge is -2.34. The molecular formula is C16H30N4. The third-order valence-electron chi connectivity index (χ3n) is 3.98. The first-order chi connectivity index (χ1) is 9.46. The van der Waals surface area contributed by atoms with E-state index in [1.54, 1.807) is 0 Å². The van der Waals surface area contributed by atoms with Crippen LogP contribution < -0.4 is 10.6 Å². The number of nitrogens with two attached hydrogens (primary N) is 1. The first kappa shape index (κ1) is 16.9. The van der Waals surface area contributed by atoms with Gasteiger partial charge in [-0.1, -0.05) is 27.7 Å². The van der Waals surface area contributed by atoms with Crippen LogP contribution >= 0.6 is 0 Å². The molecule has 0 unspecified atom stereocenters. The van der Waals surface area contributed by atoms with Crippen LogP contribution in [0.4, 0.5) is 5.82 Å². The Labute approximate surface area is 123 Å². The molecule has 0 saturated heterocycles. The van der Waals surface area contributed by atoms with E-state index < -0.39 is 0 Å². The summed E-state index contributed by atoms with van der Waals surface area (Å²) in [5, 5.41) is 8.80. The van der Waals surface area contributed by atoms with Crippen LogP contribution in [-0.2, 0) is 6.54 Å². The molecule has 0 radical (unpaired) electrons. The van der Waals surface area contributed by atoms with Gasteiger partial charge in [-0.25, -0.2) is 0 Å². The molecule has 0 aliphatic rings. The zero-order valence-electron chi connectivity index (χ0n) is 13.9. The highest BCUT2D eigenvalue weighted by molar-refractivity contribution is 5.51. The van der Waals surface area contributed by atoms with Crippen molar-refractivity contribution in [2.24, 2.45) is 11.7 Å². The second kappa shape index (κ2) is 7.58. The van der Waals surface area contributed by atoms with E-state index in [1.165, 1.54) is 5.56 Å². The highest BCUT2D eigenvalue weighted by Gasteiger charge is 2.22. The van der Waals surface area contributed by atoms with Gasteiger partial charge < -0.3 is 10.6 Å². The van der Waals surface area contributed by atoms with E-state index in [9.17, 15) is 0 Å². The van der Waals surface area contributed by atoms with Crippen LogP contribution in [0, 0.1) is 19.8 Å². The smallest absolute Gasteiger partial charge is 0.156 e. The molecule has 1 aromatic rings. The molecule has 4 heteroatoms. The Kier molecular flexibility index (Phi) is 6.40. The SMILES string of the molecule is CCC(CC)N(CC(C)C)c1nnc(C)c(C)c1CN. The predicted molar refractivity (Wildman–Crippen MR) is 86.0 cm³/mol. The van der Waals surface area contributed by atoms with Gasteiger partial charge in [-0.3, -0.25) is 0 Å². The normalized spacial score (nSPS) is 11.4. The largest absolute Gasteiger partial charge is 0.352 e. The second-order valence-corrected chi connectivity index (χ2v) is 5.93. The molecule has 0 saturated carbocycles. The van der Waals surface area contributed by atoms with E-state index >= 15 is 0 Å². The van der Waals surface area contributed by atoms with Gasteiger partial charge in [-0.15, -0.1) is 5.10 Å². The molecule has 20 heavy (non-hydrogen) atoms. The fraction of sp³-hybridized carbons (Fsp3) is 0.750. The van der Waals surface area contributed by atoms with Gasteiger partial charge in [0.2, 0.25) is 0 Å². The Balaban J connectivity index is 3.29. The van der Waals surface area contributed by atoms with Gasteiger partial charge in [0.25, 0.3) is 0 Å². The summed E-state index contributed by atoms with van der Waals surface area (Å²) in [7, 11) is 0. The maximum Gasteiger partial charge on any atom is 0.156 e. The molecule has 1 heterocycles. The highest BCUT2D eigenvalue weighted by Crippen LogP contribution is 2.26. The van der Waals surface area contributed by atoms with E-state index in [0.29, 0.717) is 18.5 Å². The van der Waals surface area contributed by atoms with E-state index in [1.807, 2.05) is 6.92 Å². The number of aryl methyl sites for hydroxylation is 1. The van der Waals surface area contributed by atoms with Crippen molar-refractivity contribution >= 4 is 5.82 Å². The fourth-order valence-corrected chi connectivity index (χ4v) is 2.65. The van der Waals surface area contributed by atoms with E-state index in [0.717, 1.165) is 36.5 Å². The van der Waals surface area contributed by atoms with Crippen molar-refractivity contribution in [1.29, 1.82) is 0 Å².